The van der Waals surface area contributed by atoms with Crippen molar-refractivity contribution in [1.82, 2.24) is 0 Å². The van der Waals surface area contributed by atoms with Crippen LogP contribution < -0.4 is 4.90 Å². The van der Waals surface area contributed by atoms with Crippen LogP contribution in [-0.2, 0) is 15.8 Å². The van der Waals surface area contributed by atoms with Gasteiger partial charge in [-0.05, 0) is 17.7 Å². The molecule has 7 heteroatoms. The number of hydrogen-bond acceptors (Lipinski definition) is 2. The van der Waals surface area contributed by atoms with Crippen molar-refractivity contribution in [2.75, 3.05) is 4.90 Å². The SMILES string of the molecule is CC(=O)N1C(=O)C(=C(Cl)c2ccccc2)c2ccc(C(F)(F)F)cc21. The second kappa shape index (κ2) is 6.04. The van der Waals surface area contributed by atoms with E-state index in [9.17, 15) is 22.8 Å². The van der Waals surface area contributed by atoms with Crippen LogP contribution >= 0.6 is 11.6 Å². The Morgan fingerprint density at radius 2 is 1.72 bits per heavy atom. The Morgan fingerprint density at radius 3 is 2.28 bits per heavy atom. The highest BCUT2D eigenvalue weighted by atomic mass is 35.5. The van der Waals surface area contributed by atoms with Crippen molar-refractivity contribution in [2.24, 2.45) is 0 Å². The van der Waals surface area contributed by atoms with Gasteiger partial charge in [0.05, 0.1) is 21.9 Å². The molecule has 1 heterocycles. The number of anilines is 1. The minimum Gasteiger partial charge on any atom is -0.274 e. The summed E-state index contributed by atoms with van der Waals surface area (Å²) in [5.74, 6) is -1.42. The first-order chi connectivity index (χ1) is 11.7. The van der Waals surface area contributed by atoms with Crippen molar-refractivity contribution in [3.05, 3.63) is 65.2 Å². The molecule has 0 aromatic heterocycles. The average molecular weight is 366 g/mol. The molecule has 0 aliphatic carbocycles. The second-order valence-corrected chi connectivity index (χ2v) is 5.82. The number of benzene rings is 2. The summed E-state index contributed by atoms with van der Waals surface area (Å²) >= 11 is 6.33. The maximum absolute atomic E-state index is 13.0. The second-order valence-electron chi connectivity index (χ2n) is 5.44. The lowest BCUT2D eigenvalue weighted by Crippen LogP contribution is -2.31. The predicted octanol–water partition coefficient (Wildman–Crippen LogP) is 4.71. The van der Waals surface area contributed by atoms with Crippen LogP contribution in [0.1, 0.15) is 23.6 Å². The molecule has 0 saturated heterocycles. The molecule has 0 unspecified atom stereocenters. The van der Waals surface area contributed by atoms with Gasteiger partial charge >= 0.3 is 6.18 Å². The molecule has 0 fully saturated rings. The Labute approximate surface area is 146 Å². The monoisotopic (exact) mass is 365 g/mol. The van der Waals surface area contributed by atoms with E-state index in [0.29, 0.717) is 10.5 Å². The number of alkyl halides is 3. The Kier molecular flexibility index (Phi) is 4.16. The summed E-state index contributed by atoms with van der Waals surface area (Å²) in [7, 11) is 0. The van der Waals surface area contributed by atoms with Crippen LogP contribution in [0.4, 0.5) is 18.9 Å². The molecule has 0 bridgehead atoms. The molecule has 0 spiro atoms. The zero-order chi connectivity index (χ0) is 18.4. The highest BCUT2D eigenvalue weighted by molar-refractivity contribution is 6.60. The van der Waals surface area contributed by atoms with Crippen LogP contribution in [-0.4, -0.2) is 11.8 Å². The Balaban J connectivity index is 2.26. The first-order valence-corrected chi connectivity index (χ1v) is 7.61. The van der Waals surface area contributed by atoms with E-state index in [2.05, 4.69) is 0 Å². The molecule has 2 amide bonds. The van der Waals surface area contributed by atoms with E-state index >= 15 is 0 Å². The lowest BCUT2D eigenvalue weighted by atomic mass is 10.0. The number of nitrogens with zero attached hydrogens (tertiary/aromatic N) is 1. The molecule has 128 valence electrons. The number of amides is 2. The lowest BCUT2D eigenvalue weighted by Gasteiger charge is -2.14. The van der Waals surface area contributed by atoms with Crippen LogP contribution in [0.2, 0.25) is 0 Å². The van der Waals surface area contributed by atoms with Gasteiger partial charge < -0.3 is 0 Å². The van der Waals surface area contributed by atoms with Crippen LogP contribution in [0.15, 0.2) is 48.5 Å². The van der Waals surface area contributed by atoms with Gasteiger partial charge in [-0.3, -0.25) is 9.59 Å². The van der Waals surface area contributed by atoms with E-state index in [-0.39, 0.29) is 21.9 Å². The first kappa shape index (κ1) is 17.2. The van der Waals surface area contributed by atoms with Crippen LogP contribution in [0.3, 0.4) is 0 Å². The van der Waals surface area contributed by atoms with Crippen LogP contribution in [0, 0.1) is 0 Å². The number of carbonyl (C=O) groups is 2. The maximum atomic E-state index is 13.0. The zero-order valence-electron chi connectivity index (χ0n) is 12.9. The Hall–Kier alpha value is -2.60. The summed E-state index contributed by atoms with van der Waals surface area (Å²) in [6, 6.07) is 11.4. The van der Waals surface area contributed by atoms with Crippen molar-refractivity contribution >= 4 is 39.7 Å². The molecule has 0 atom stereocenters. The smallest absolute Gasteiger partial charge is 0.274 e. The van der Waals surface area contributed by atoms with Crippen molar-refractivity contribution in [2.45, 2.75) is 13.1 Å². The third-order valence-corrected chi connectivity index (χ3v) is 4.22. The van der Waals surface area contributed by atoms with E-state index in [1.807, 2.05) is 0 Å². The number of hydrogen-bond donors (Lipinski definition) is 0. The van der Waals surface area contributed by atoms with Gasteiger partial charge in [0.1, 0.15) is 0 Å². The largest absolute Gasteiger partial charge is 0.416 e. The number of carbonyl (C=O) groups excluding carboxylic acids is 2. The van der Waals surface area contributed by atoms with Gasteiger partial charge in [0.25, 0.3) is 5.91 Å². The highest BCUT2D eigenvalue weighted by Gasteiger charge is 2.40. The van der Waals surface area contributed by atoms with Crippen molar-refractivity contribution in [3.8, 4) is 0 Å². The van der Waals surface area contributed by atoms with Gasteiger partial charge in [-0.1, -0.05) is 48.0 Å². The normalized spacial score (nSPS) is 16.0. The first-order valence-electron chi connectivity index (χ1n) is 7.23. The van der Waals surface area contributed by atoms with Gasteiger partial charge in [-0.15, -0.1) is 0 Å². The predicted molar refractivity (Wildman–Crippen MR) is 88.7 cm³/mol. The van der Waals surface area contributed by atoms with Gasteiger partial charge in [0.2, 0.25) is 5.91 Å². The maximum Gasteiger partial charge on any atom is 0.416 e. The van der Waals surface area contributed by atoms with Crippen molar-refractivity contribution < 1.29 is 22.8 Å². The average Bonchev–Trinajstić information content (AvgIpc) is 2.85. The minimum atomic E-state index is -4.59. The van der Waals surface area contributed by atoms with Gasteiger partial charge in [0.15, 0.2) is 0 Å². The number of imide groups is 1. The van der Waals surface area contributed by atoms with Gasteiger partial charge in [-0.25, -0.2) is 4.90 Å². The Bertz CT molecular complexity index is 904. The molecule has 3 nitrogen and oxygen atoms in total. The summed E-state index contributed by atoms with van der Waals surface area (Å²) in [5.41, 5.74) is -0.323. The number of rotatable bonds is 1. The fraction of sp³-hybridized carbons (Fsp3) is 0.111. The molecule has 2 aromatic rings. The van der Waals surface area contributed by atoms with Crippen LogP contribution in [0.25, 0.3) is 10.6 Å². The fourth-order valence-corrected chi connectivity index (χ4v) is 3.00. The fourth-order valence-electron chi connectivity index (χ4n) is 2.69. The molecule has 0 N–H and O–H groups in total. The summed E-state index contributed by atoms with van der Waals surface area (Å²) in [4.78, 5) is 25.2. The van der Waals surface area contributed by atoms with E-state index < -0.39 is 23.6 Å². The number of halogens is 4. The van der Waals surface area contributed by atoms with E-state index in [1.165, 1.54) is 6.07 Å². The van der Waals surface area contributed by atoms with Crippen molar-refractivity contribution in [3.63, 3.8) is 0 Å². The third-order valence-electron chi connectivity index (χ3n) is 3.81. The zero-order valence-corrected chi connectivity index (χ0v) is 13.7. The van der Waals surface area contributed by atoms with Crippen LogP contribution in [0.5, 0.6) is 0 Å². The summed E-state index contributed by atoms with van der Waals surface area (Å²) in [5, 5.41) is 0.0790. The molecule has 1 aliphatic rings. The quantitative estimate of drug-likeness (QED) is 0.687. The Morgan fingerprint density at radius 1 is 1.08 bits per heavy atom. The summed E-state index contributed by atoms with van der Waals surface area (Å²) < 4.78 is 38.9. The minimum absolute atomic E-state index is 0.00629. The van der Waals surface area contributed by atoms with E-state index in [1.54, 1.807) is 30.3 Å². The topological polar surface area (TPSA) is 37.4 Å². The van der Waals surface area contributed by atoms with Gasteiger partial charge in [-0.2, -0.15) is 13.2 Å². The summed E-state index contributed by atoms with van der Waals surface area (Å²) in [6.45, 7) is 1.11. The molecule has 1 aliphatic heterocycles. The molecule has 3 rings (SSSR count). The van der Waals surface area contributed by atoms with E-state index in [4.69, 9.17) is 11.6 Å². The van der Waals surface area contributed by atoms with Gasteiger partial charge in [0, 0.05) is 12.5 Å². The molecule has 25 heavy (non-hydrogen) atoms. The molecule has 2 aromatic carbocycles. The molecule has 0 radical (unpaired) electrons. The molecule has 0 saturated carbocycles. The number of fused-ring (bicyclic) bond motifs is 1. The summed E-state index contributed by atoms with van der Waals surface area (Å²) in [6.07, 6.45) is -4.59. The lowest BCUT2D eigenvalue weighted by molar-refractivity contribution is -0.137. The third kappa shape index (κ3) is 2.93. The van der Waals surface area contributed by atoms with Crippen molar-refractivity contribution in [1.29, 1.82) is 0 Å². The highest BCUT2D eigenvalue weighted by Crippen LogP contribution is 2.44. The molecular formula is C18H11ClF3NO2. The molecular weight excluding hydrogens is 355 g/mol. The van der Waals surface area contributed by atoms with E-state index in [0.717, 1.165) is 19.1 Å². The standard InChI is InChI=1S/C18H11ClF3NO2/c1-10(24)23-14-9-12(18(20,21)22)7-8-13(14)15(17(23)25)16(19)11-5-3-2-4-6-11/h2-9H,1H3.